The molecule has 3 unspecified atom stereocenters. The van der Waals surface area contributed by atoms with Gasteiger partial charge < -0.3 is 4.74 Å². The number of Topliss-reactive ketones (excluding diaryl/α,β-unsaturated/α-hetero) is 1. The summed E-state index contributed by atoms with van der Waals surface area (Å²) in [5.41, 5.74) is 4.29. The lowest BCUT2D eigenvalue weighted by atomic mass is 9.81. The fraction of sp³-hybridized carbons (Fsp3) is 0.517. The van der Waals surface area contributed by atoms with E-state index in [-0.39, 0.29) is 11.2 Å². The minimum Gasteiger partial charge on any atom is -0.465 e. The molecule has 34 heavy (non-hydrogen) atoms. The Morgan fingerprint density at radius 1 is 0.971 bits per heavy atom. The first-order chi connectivity index (χ1) is 16.1. The van der Waals surface area contributed by atoms with Gasteiger partial charge in [0.1, 0.15) is 5.92 Å². The van der Waals surface area contributed by atoms with Crippen molar-refractivity contribution in [2.45, 2.75) is 85.5 Å². The molecule has 0 heterocycles. The summed E-state index contributed by atoms with van der Waals surface area (Å²) in [6, 6.07) is 13.4. The third-order valence-electron chi connectivity index (χ3n) is 6.28. The molecule has 2 rings (SSSR count). The highest BCUT2D eigenvalue weighted by Crippen LogP contribution is 2.31. The number of benzene rings is 2. The number of carbonyl (C=O) groups excluding carboxylic acids is 2. The van der Waals surface area contributed by atoms with Gasteiger partial charge in [-0.2, -0.15) is 0 Å². The maximum absolute atomic E-state index is 13.8. The second-order valence-corrected chi connectivity index (χ2v) is 9.99. The average Bonchev–Trinajstić information content (AvgIpc) is 2.80. The van der Waals surface area contributed by atoms with Crippen molar-refractivity contribution in [2.24, 2.45) is 5.92 Å². The molecular weight excluding hydrogens is 443 g/mol. The van der Waals surface area contributed by atoms with Crippen LogP contribution in [0.25, 0.3) is 0 Å². The first-order valence-electron chi connectivity index (χ1n) is 12.2. The summed E-state index contributed by atoms with van der Waals surface area (Å²) < 4.78 is 13.9. The third-order valence-corrected chi connectivity index (χ3v) is 6.28. The Balaban J connectivity index is 0.00000281. The van der Waals surface area contributed by atoms with E-state index >= 15 is 0 Å². The summed E-state index contributed by atoms with van der Waals surface area (Å²) in [4.78, 5) is 27.0. The van der Waals surface area contributed by atoms with E-state index in [1.165, 1.54) is 14.7 Å². The van der Waals surface area contributed by atoms with Crippen molar-refractivity contribution >= 4 is 20.9 Å². The van der Waals surface area contributed by atoms with Crippen LogP contribution in [-0.2, 0) is 19.5 Å². The van der Waals surface area contributed by atoms with Crippen LogP contribution in [0.4, 0.5) is 0 Å². The van der Waals surface area contributed by atoms with Crippen LogP contribution in [0.2, 0.25) is 0 Å². The number of hydrogen-bond donors (Lipinski definition) is 0. The minimum atomic E-state index is -0.947. The fourth-order valence-corrected chi connectivity index (χ4v) is 4.15. The van der Waals surface area contributed by atoms with Crippen molar-refractivity contribution < 1.29 is 18.9 Å². The molecule has 0 amide bonds. The summed E-state index contributed by atoms with van der Waals surface area (Å²) in [5.74, 6) is -1.24. The van der Waals surface area contributed by atoms with E-state index in [4.69, 9.17) is 9.30 Å². The van der Waals surface area contributed by atoms with Crippen molar-refractivity contribution in [2.75, 3.05) is 6.61 Å². The molecular formula is C29H42O4P+. The predicted molar refractivity (Wildman–Crippen MR) is 143 cm³/mol. The standard InChI is InChI=1S/C29H40O3.H2OP/c1-8-10-14-22(9-2)19-32-28(31)26(23-15-12-11-13-16-23)27(30)25-20(3)17-24(18-21(25)4)29(5,6)7;1-2/h11-13,15-18,22,26H,8-10,14,19H2,1-7H3;2H2/q;+1. The number of esters is 1. The number of aryl methyl sites for hydroxylation is 2. The summed E-state index contributed by atoms with van der Waals surface area (Å²) in [6.07, 6.45) is 4.24. The lowest BCUT2D eigenvalue weighted by Gasteiger charge is -2.24. The van der Waals surface area contributed by atoms with Crippen LogP contribution in [-0.4, -0.2) is 18.4 Å². The van der Waals surface area contributed by atoms with Gasteiger partial charge in [0.05, 0.1) is 6.61 Å². The minimum absolute atomic E-state index is 0.0114. The maximum Gasteiger partial charge on any atom is 0.321 e. The van der Waals surface area contributed by atoms with Crippen LogP contribution in [0.5, 0.6) is 0 Å². The molecule has 0 bridgehead atoms. The quantitative estimate of drug-likeness (QED) is 0.151. The molecule has 186 valence electrons. The lowest BCUT2D eigenvalue weighted by molar-refractivity contribution is -0.145. The van der Waals surface area contributed by atoms with Gasteiger partial charge in [-0.25, -0.2) is 0 Å². The molecule has 0 saturated heterocycles. The van der Waals surface area contributed by atoms with Crippen molar-refractivity contribution in [3.05, 3.63) is 70.3 Å². The van der Waals surface area contributed by atoms with Crippen LogP contribution in [0.3, 0.4) is 0 Å². The van der Waals surface area contributed by atoms with E-state index in [0.29, 0.717) is 23.7 Å². The molecule has 0 radical (unpaired) electrons. The highest BCUT2D eigenvalue weighted by Gasteiger charge is 2.33. The third kappa shape index (κ3) is 8.17. The second-order valence-electron chi connectivity index (χ2n) is 9.99. The Labute approximate surface area is 208 Å². The van der Waals surface area contributed by atoms with Crippen LogP contribution in [0.1, 0.15) is 98.8 Å². The SMILES string of the molecule is CCCCC(CC)COC(=O)C(C(=O)c1c(C)cc(C(C)(C)C)cc1C)c1ccccc1.O=[PH2+]. The molecule has 5 heteroatoms. The Kier molecular flexibility index (Phi) is 12.4. The van der Waals surface area contributed by atoms with Crippen molar-refractivity contribution in [1.29, 1.82) is 0 Å². The van der Waals surface area contributed by atoms with E-state index in [1.807, 2.05) is 44.2 Å². The van der Waals surface area contributed by atoms with Gasteiger partial charge in [-0.15, -0.1) is 0 Å². The number of carbonyl (C=O) groups is 2. The number of rotatable bonds is 10. The second kappa shape index (κ2) is 14.2. The molecule has 0 saturated carbocycles. The van der Waals surface area contributed by atoms with Gasteiger partial charge in [0.2, 0.25) is 0 Å². The Bertz CT molecular complexity index is 908. The highest BCUT2D eigenvalue weighted by atomic mass is 31.0. The van der Waals surface area contributed by atoms with Gasteiger partial charge in [0.15, 0.2) is 5.78 Å². The number of ketones is 1. The lowest BCUT2D eigenvalue weighted by Crippen LogP contribution is -2.27. The molecule has 0 aliphatic heterocycles. The predicted octanol–water partition coefficient (Wildman–Crippen LogP) is 7.53. The summed E-state index contributed by atoms with van der Waals surface area (Å²) in [7, 11) is 1.17. The van der Waals surface area contributed by atoms with Crippen LogP contribution >= 0.6 is 9.12 Å². The summed E-state index contributed by atoms with van der Waals surface area (Å²) in [6.45, 7) is 15.1. The Morgan fingerprint density at radius 2 is 1.53 bits per heavy atom. The van der Waals surface area contributed by atoms with Crippen LogP contribution in [0, 0.1) is 19.8 Å². The first-order valence-corrected chi connectivity index (χ1v) is 12.7. The molecule has 3 atom stereocenters. The highest BCUT2D eigenvalue weighted by molar-refractivity contribution is 7.00. The zero-order valence-electron chi connectivity index (χ0n) is 21.9. The number of ether oxygens (including phenoxy) is 1. The largest absolute Gasteiger partial charge is 0.465 e. The topological polar surface area (TPSA) is 60.4 Å². The number of unbranched alkanes of at least 4 members (excludes halogenated alkanes) is 1. The van der Waals surface area contributed by atoms with E-state index < -0.39 is 11.9 Å². The van der Waals surface area contributed by atoms with Gasteiger partial charge in [-0.3, -0.25) is 9.59 Å². The average molecular weight is 486 g/mol. The van der Waals surface area contributed by atoms with E-state index in [1.54, 1.807) is 0 Å². The number of hydrogen-bond acceptors (Lipinski definition) is 4. The van der Waals surface area contributed by atoms with Crippen molar-refractivity contribution in [1.82, 2.24) is 0 Å². The van der Waals surface area contributed by atoms with E-state index in [0.717, 1.165) is 36.8 Å². The fourth-order valence-electron chi connectivity index (χ4n) is 4.15. The van der Waals surface area contributed by atoms with Crippen molar-refractivity contribution in [3.8, 4) is 0 Å². The molecule has 2 aromatic rings. The van der Waals surface area contributed by atoms with E-state index in [2.05, 4.69) is 46.8 Å². The molecule has 2 aromatic carbocycles. The van der Waals surface area contributed by atoms with Gasteiger partial charge in [-0.05, 0) is 53.9 Å². The van der Waals surface area contributed by atoms with Crippen molar-refractivity contribution in [3.63, 3.8) is 0 Å². The van der Waals surface area contributed by atoms with Gasteiger partial charge in [0, 0.05) is 5.56 Å². The molecule has 0 aliphatic carbocycles. The monoisotopic (exact) mass is 485 g/mol. The molecule has 0 N–H and O–H groups in total. The van der Waals surface area contributed by atoms with Crippen LogP contribution < -0.4 is 0 Å². The molecule has 0 aliphatic rings. The Morgan fingerprint density at radius 3 is 2.00 bits per heavy atom. The molecule has 0 fully saturated rings. The van der Waals surface area contributed by atoms with E-state index in [9.17, 15) is 9.59 Å². The zero-order valence-corrected chi connectivity index (χ0v) is 23.1. The summed E-state index contributed by atoms with van der Waals surface area (Å²) in [5, 5.41) is 0. The maximum atomic E-state index is 13.8. The van der Waals surface area contributed by atoms with Crippen LogP contribution in [0.15, 0.2) is 42.5 Å². The van der Waals surface area contributed by atoms with Gasteiger partial charge in [-0.1, -0.05) is 101 Å². The van der Waals surface area contributed by atoms with Gasteiger partial charge in [0.25, 0.3) is 0 Å². The first kappa shape index (κ1) is 29.7. The normalized spacial score (nSPS) is 12.8. The molecule has 4 nitrogen and oxygen atoms in total. The zero-order chi connectivity index (χ0) is 25.9. The summed E-state index contributed by atoms with van der Waals surface area (Å²) >= 11 is 0. The van der Waals surface area contributed by atoms with Gasteiger partial charge >= 0.3 is 15.1 Å². The smallest absolute Gasteiger partial charge is 0.321 e. The molecule has 0 aromatic heterocycles. The Hall–Kier alpha value is -2.32. The molecule has 0 spiro atoms.